The highest BCUT2D eigenvalue weighted by atomic mass is 32.1. The van der Waals surface area contributed by atoms with E-state index in [2.05, 4.69) is 15.3 Å². The first kappa shape index (κ1) is 13.5. The number of benzene rings is 1. The van der Waals surface area contributed by atoms with Crippen LogP contribution >= 0.6 is 11.3 Å². The number of pyridine rings is 1. The quantitative estimate of drug-likeness (QED) is 0.768. The zero-order valence-electron chi connectivity index (χ0n) is 11.3. The third-order valence-corrected chi connectivity index (χ3v) is 3.88. The van der Waals surface area contributed by atoms with Crippen molar-refractivity contribution in [2.45, 2.75) is 13.3 Å². The number of hydrogen-bond acceptors (Lipinski definition) is 5. The van der Waals surface area contributed by atoms with Gasteiger partial charge in [0.25, 0.3) is 0 Å². The lowest BCUT2D eigenvalue weighted by molar-refractivity contribution is 0.0696. The number of rotatable bonds is 4. The summed E-state index contributed by atoms with van der Waals surface area (Å²) in [6, 6.07) is 8.95. The van der Waals surface area contributed by atoms with Crippen molar-refractivity contribution in [3.63, 3.8) is 0 Å². The van der Waals surface area contributed by atoms with Gasteiger partial charge in [0.15, 0.2) is 0 Å². The number of nitrogens with one attached hydrogen (secondary N) is 1. The average molecular weight is 299 g/mol. The van der Waals surface area contributed by atoms with E-state index in [0.29, 0.717) is 12.2 Å². The van der Waals surface area contributed by atoms with E-state index in [4.69, 9.17) is 5.11 Å². The first-order valence-electron chi connectivity index (χ1n) is 6.50. The molecule has 0 spiro atoms. The number of carbonyl (C=O) groups is 1. The Kier molecular flexibility index (Phi) is 3.53. The molecular weight excluding hydrogens is 286 g/mol. The maximum atomic E-state index is 11.2. The summed E-state index contributed by atoms with van der Waals surface area (Å²) in [5.41, 5.74) is 4.60. The Labute approximate surface area is 125 Å². The number of nitrogens with zero attached hydrogens (tertiary/aromatic N) is 2. The smallest absolute Gasteiger partial charge is 0.335 e. The third kappa shape index (κ3) is 2.85. The van der Waals surface area contributed by atoms with Gasteiger partial charge in [0, 0.05) is 11.4 Å². The summed E-state index contributed by atoms with van der Waals surface area (Å²) < 4.78 is 1.07. The number of carboxylic acid groups (broad SMARTS) is 1. The van der Waals surface area contributed by atoms with Crippen LogP contribution in [-0.2, 0) is 6.42 Å². The molecule has 0 radical (unpaired) electrons. The molecule has 0 saturated heterocycles. The summed E-state index contributed by atoms with van der Waals surface area (Å²) in [7, 11) is 0. The molecule has 6 heteroatoms. The van der Waals surface area contributed by atoms with Crippen molar-refractivity contribution in [2.75, 3.05) is 5.32 Å². The molecule has 0 aliphatic carbocycles. The van der Waals surface area contributed by atoms with Crippen molar-refractivity contribution < 1.29 is 9.90 Å². The highest BCUT2D eigenvalue weighted by Gasteiger charge is 2.08. The van der Waals surface area contributed by atoms with Gasteiger partial charge in [-0.2, -0.15) is 0 Å². The van der Waals surface area contributed by atoms with Gasteiger partial charge in [-0.1, -0.05) is 6.92 Å². The van der Waals surface area contributed by atoms with Gasteiger partial charge in [-0.15, -0.1) is 11.3 Å². The Morgan fingerprint density at radius 3 is 2.95 bits per heavy atom. The monoisotopic (exact) mass is 299 g/mol. The molecule has 0 unspecified atom stereocenters. The number of carboxylic acids is 1. The predicted molar refractivity (Wildman–Crippen MR) is 83.5 cm³/mol. The van der Waals surface area contributed by atoms with Crippen molar-refractivity contribution >= 4 is 39.0 Å². The van der Waals surface area contributed by atoms with Gasteiger partial charge in [0.1, 0.15) is 5.82 Å². The van der Waals surface area contributed by atoms with Crippen molar-refractivity contribution in [1.29, 1.82) is 0 Å². The molecule has 3 rings (SSSR count). The van der Waals surface area contributed by atoms with Crippen LogP contribution in [0.3, 0.4) is 0 Å². The van der Waals surface area contributed by atoms with E-state index in [-0.39, 0.29) is 5.56 Å². The average Bonchev–Trinajstić information content (AvgIpc) is 2.94. The third-order valence-electron chi connectivity index (χ3n) is 3.09. The summed E-state index contributed by atoms with van der Waals surface area (Å²) in [6.07, 6.45) is 0.684. The molecule has 2 N–H and O–H groups in total. The second-order valence-corrected chi connectivity index (χ2v) is 5.44. The van der Waals surface area contributed by atoms with E-state index >= 15 is 0 Å². The van der Waals surface area contributed by atoms with Crippen LogP contribution in [-0.4, -0.2) is 21.0 Å². The predicted octanol–water partition coefficient (Wildman–Crippen LogP) is 3.70. The molecule has 106 valence electrons. The van der Waals surface area contributed by atoms with Crippen LogP contribution in [0.15, 0.2) is 35.8 Å². The van der Waals surface area contributed by atoms with E-state index < -0.39 is 5.97 Å². The first-order valence-corrected chi connectivity index (χ1v) is 7.38. The largest absolute Gasteiger partial charge is 0.478 e. The van der Waals surface area contributed by atoms with Crippen molar-refractivity contribution in [3.05, 3.63) is 47.1 Å². The Morgan fingerprint density at radius 2 is 2.19 bits per heavy atom. The summed E-state index contributed by atoms with van der Waals surface area (Å²) in [6.45, 7) is 1.95. The number of aromatic carboxylic acids is 1. The van der Waals surface area contributed by atoms with E-state index in [0.717, 1.165) is 21.6 Å². The molecule has 3 aromatic rings. The fraction of sp³-hybridized carbons (Fsp3) is 0.133. The second-order valence-electron chi connectivity index (χ2n) is 4.55. The van der Waals surface area contributed by atoms with Gasteiger partial charge >= 0.3 is 5.97 Å². The lowest BCUT2D eigenvalue weighted by Crippen LogP contribution is -2.03. The molecule has 2 aromatic heterocycles. The van der Waals surface area contributed by atoms with Gasteiger partial charge in [-0.25, -0.2) is 14.8 Å². The van der Waals surface area contributed by atoms with Crippen LogP contribution in [0.5, 0.6) is 0 Å². The number of aryl methyl sites for hydroxylation is 1. The highest BCUT2D eigenvalue weighted by molar-refractivity contribution is 7.16. The van der Waals surface area contributed by atoms with Crippen molar-refractivity contribution in [2.24, 2.45) is 0 Å². The van der Waals surface area contributed by atoms with Crippen LogP contribution in [0.1, 0.15) is 23.0 Å². The van der Waals surface area contributed by atoms with E-state index in [9.17, 15) is 4.79 Å². The highest BCUT2D eigenvalue weighted by Crippen LogP contribution is 2.24. The minimum absolute atomic E-state index is 0.239. The molecule has 0 aliphatic heterocycles. The molecule has 0 saturated carbocycles. The second kappa shape index (κ2) is 5.49. The summed E-state index contributed by atoms with van der Waals surface area (Å²) >= 11 is 1.56. The lowest BCUT2D eigenvalue weighted by Gasteiger charge is -2.08. The SMILES string of the molecule is CCc1cc(C(=O)O)cc(Nc2ccc3ncsc3c2)n1. The fourth-order valence-corrected chi connectivity index (χ4v) is 2.75. The maximum Gasteiger partial charge on any atom is 0.335 e. The van der Waals surface area contributed by atoms with E-state index in [1.54, 1.807) is 29.0 Å². The van der Waals surface area contributed by atoms with Crippen LogP contribution in [0.25, 0.3) is 10.2 Å². The number of aromatic nitrogens is 2. The van der Waals surface area contributed by atoms with E-state index in [1.807, 2.05) is 25.1 Å². The van der Waals surface area contributed by atoms with Crippen LogP contribution in [0.2, 0.25) is 0 Å². The number of anilines is 2. The van der Waals surface area contributed by atoms with Crippen LogP contribution in [0.4, 0.5) is 11.5 Å². The summed E-state index contributed by atoms with van der Waals surface area (Å²) in [4.78, 5) is 19.8. The number of fused-ring (bicyclic) bond motifs is 1. The Balaban J connectivity index is 1.96. The van der Waals surface area contributed by atoms with Gasteiger partial charge in [0.2, 0.25) is 0 Å². The molecule has 0 atom stereocenters. The summed E-state index contributed by atoms with van der Waals surface area (Å²) in [5, 5.41) is 12.3. The van der Waals surface area contributed by atoms with Crippen molar-refractivity contribution in [3.8, 4) is 0 Å². The minimum atomic E-state index is -0.951. The zero-order chi connectivity index (χ0) is 14.8. The zero-order valence-corrected chi connectivity index (χ0v) is 12.1. The number of hydrogen-bond donors (Lipinski definition) is 2. The molecule has 2 heterocycles. The van der Waals surface area contributed by atoms with Gasteiger partial charge in [-0.05, 0) is 36.8 Å². The van der Waals surface area contributed by atoms with Gasteiger partial charge in [0.05, 0.1) is 21.3 Å². The van der Waals surface area contributed by atoms with E-state index in [1.165, 1.54) is 0 Å². The lowest BCUT2D eigenvalue weighted by atomic mass is 10.2. The molecule has 0 aliphatic rings. The topological polar surface area (TPSA) is 75.1 Å². The molecular formula is C15H13N3O2S. The molecule has 0 amide bonds. The standard InChI is InChI=1S/C15H13N3O2S/c1-2-10-5-9(15(19)20)6-14(17-10)18-11-3-4-12-13(7-11)21-8-16-12/h3-8H,2H2,1H3,(H,17,18)(H,19,20). The Morgan fingerprint density at radius 1 is 1.33 bits per heavy atom. The van der Waals surface area contributed by atoms with Gasteiger partial charge < -0.3 is 10.4 Å². The fourth-order valence-electron chi connectivity index (χ4n) is 2.04. The van der Waals surface area contributed by atoms with Crippen molar-refractivity contribution in [1.82, 2.24) is 9.97 Å². The normalized spacial score (nSPS) is 10.7. The first-order chi connectivity index (χ1) is 10.2. The maximum absolute atomic E-state index is 11.2. The summed E-state index contributed by atoms with van der Waals surface area (Å²) in [5.74, 6) is -0.413. The Hall–Kier alpha value is -2.47. The molecule has 5 nitrogen and oxygen atoms in total. The molecule has 0 bridgehead atoms. The number of thiazole rings is 1. The molecule has 0 fully saturated rings. The van der Waals surface area contributed by atoms with Crippen LogP contribution < -0.4 is 5.32 Å². The molecule has 21 heavy (non-hydrogen) atoms. The Bertz CT molecular complexity index is 814. The minimum Gasteiger partial charge on any atom is -0.478 e. The van der Waals surface area contributed by atoms with Crippen LogP contribution in [0, 0.1) is 0 Å². The van der Waals surface area contributed by atoms with Gasteiger partial charge in [-0.3, -0.25) is 0 Å². The molecule has 1 aromatic carbocycles.